The van der Waals surface area contributed by atoms with Crippen LogP contribution in [0.25, 0.3) is 0 Å². The summed E-state index contributed by atoms with van der Waals surface area (Å²) in [6, 6.07) is 3.29. The molecule has 1 aromatic carbocycles. The van der Waals surface area contributed by atoms with E-state index in [9.17, 15) is 10.2 Å². The molecule has 0 amide bonds. The molecule has 0 radical (unpaired) electrons. The van der Waals surface area contributed by atoms with Gasteiger partial charge in [0.25, 0.3) is 0 Å². The quantitative estimate of drug-likeness (QED) is 0.604. The second-order valence-electron chi connectivity index (χ2n) is 5.10. The third-order valence-electron chi connectivity index (χ3n) is 3.50. The van der Waals surface area contributed by atoms with Crippen molar-refractivity contribution in [2.75, 3.05) is 33.4 Å². The number of hydrogen-bond acceptors (Lipinski definition) is 3. The van der Waals surface area contributed by atoms with Gasteiger partial charge in [0.1, 0.15) is 31.1 Å². The maximum atomic E-state index is 9.91. The molecule has 1 heterocycles. The Morgan fingerprint density at radius 3 is 2.47 bits per heavy atom. The molecule has 1 aromatic rings. The molecule has 2 rings (SSSR count). The molecule has 4 heteroatoms. The molecule has 94 valence electrons. The maximum Gasteiger partial charge on any atom is 0.124 e. The monoisotopic (exact) mass is 238 g/mol. The smallest absolute Gasteiger partial charge is 0.124 e. The molecule has 0 unspecified atom stereocenters. The fraction of sp³-hybridized carbons (Fsp3) is 0.538. The lowest BCUT2D eigenvalue weighted by Crippen LogP contribution is -2.51. The van der Waals surface area contributed by atoms with E-state index in [1.807, 2.05) is 0 Å². The van der Waals surface area contributed by atoms with Gasteiger partial charge < -0.3 is 19.4 Å². The van der Waals surface area contributed by atoms with Crippen molar-refractivity contribution >= 4 is 0 Å². The number of rotatable bonds is 2. The number of phenols is 2. The normalized spacial score (nSPS) is 19.2. The predicted molar refractivity (Wildman–Crippen MR) is 65.0 cm³/mol. The van der Waals surface area contributed by atoms with Crippen LogP contribution in [0, 0.1) is 6.92 Å². The number of morpholine rings is 1. The second kappa shape index (κ2) is 4.55. The minimum absolute atomic E-state index is 0.248. The highest BCUT2D eigenvalue weighted by Gasteiger charge is 2.26. The molecule has 0 atom stereocenters. The minimum atomic E-state index is 0.248. The number of benzene rings is 1. The molecule has 4 nitrogen and oxygen atoms in total. The van der Waals surface area contributed by atoms with E-state index < -0.39 is 0 Å². The van der Waals surface area contributed by atoms with Crippen molar-refractivity contribution in [2.24, 2.45) is 0 Å². The third kappa shape index (κ3) is 2.70. The zero-order valence-corrected chi connectivity index (χ0v) is 10.4. The summed E-state index contributed by atoms with van der Waals surface area (Å²) in [6.07, 6.45) is 0. The van der Waals surface area contributed by atoms with Gasteiger partial charge in [-0.2, -0.15) is 0 Å². The Labute approximate surface area is 102 Å². The molecule has 1 aliphatic heterocycles. The van der Waals surface area contributed by atoms with Crippen LogP contribution < -0.4 is 0 Å². The van der Waals surface area contributed by atoms with Gasteiger partial charge in [-0.25, -0.2) is 0 Å². The molecule has 1 fully saturated rings. The van der Waals surface area contributed by atoms with Crippen LogP contribution in [0.4, 0.5) is 0 Å². The number of nitrogens with zero attached hydrogens (tertiary/aromatic N) is 1. The summed E-state index contributed by atoms with van der Waals surface area (Å²) in [5, 5.41) is 19.6. The van der Waals surface area contributed by atoms with Crippen molar-refractivity contribution < 1.29 is 19.4 Å². The molecule has 1 aliphatic rings. The van der Waals surface area contributed by atoms with Crippen LogP contribution in [-0.2, 0) is 11.3 Å². The largest absolute Gasteiger partial charge is 0.508 e. The zero-order chi connectivity index (χ0) is 12.5. The van der Waals surface area contributed by atoms with Gasteiger partial charge in [0, 0.05) is 0 Å². The summed E-state index contributed by atoms with van der Waals surface area (Å²) in [4.78, 5) is 0. The molecule has 17 heavy (non-hydrogen) atoms. The average Bonchev–Trinajstić information content (AvgIpc) is 2.26. The van der Waals surface area contributed by atoms with Crippen LogP contribution in [0.3, 0.4) is 0 Å². The lowest BCUT2D eigenvalue weighted by atomic mass is 10.1. The van der Waals surface area contributed by atoms with Crippen molar-refractivity contribution in [3.63, 3.8) is 0 Å². The van der Waals surface area contributed by atoms with Crippen LogP contribution in [0.15, 0.2) is 12.1 Å². The molecule has 2 N–H and O–H groups in total. The van der Waals surface area contributed by atoms with E-state index in [1.165, 1.54) is 0 Å². The SMILES string of the molecule is Cc1cc(O)c(C[N+]2(C)CCOCC2)cc1O. The van der Waals surface area contributed by atoms with Crippen LogP contribution >= 0.6 is 0 Å². The summed E-state index contributed by atoms with van der Waals surface area (Å²) in [6.45, 7) is 5.90. The van der Waals surface area contributed by atoms with E-state index in [0.717, 1.165) is 42.9 Å². The molecule has 1 saturated heterocycles. The lowest BCUT2D eigenvalue weighted by Gasteiger charge is -2.37. The van der Waals surface area contributed by atoms with Crippen molar-refractivity contribution in [1.29, 1.82) is 0 Å². The molecular formula is C13H20NO3+. The first kappa shape index (κ1) is 12.2. The number of aromatic hydroxyl groups is 2. The topological polar surface area (TPSA) is 49.7 Å². The number of likely N-dealkylation sites (N-methyl/N-ethyl adjacent to an activating group) is 1. The zero-order valence-electron chi connectivity index (χ0n) is 10.4. The highest BCUT2D eigenvalue weighted by molar-refractivity contribution is 5.43. The van der Waals surface area contributed by atoms with E-state index in [1.54, 1.807) is 19.1 Å². The summed E-state index contributed by atoms with van der Waals surface area (Å²) < 4.78 is 6.19. The third-order valence-corrected chi connectivity index (χ3v) is 3.50. The fourth-order valence-electron chi connectivity index (χ4n) is 2.20. The average molecular weight is 238 g/mol. The fourth-order valence-corrected chi connectivity index (χ4v) is 2.20. The molecule has 0 saturated carbocycles. The van der Waals surface area contributed by atoms with Gasteiger partial charge in [0.15, 0.2) is 0 Å². The second-order valence-corrected chi connectivity index (χ2v) is 5.10. The Hall–Kier alpha value is -1.26. The van der Waals surface area contributed by atoms with E-state index in [-0.39, 0.29) is 11.5 Å². The predicted octanol–water partition coefficient (Wildman–Crippen LogP) is 1.38. The van der Waals surface area contributed by atoms with Gasteiger partial charge in [-0.3, -0.25) is 0 Å². The van der Waals surface area contributed by atoms with Gasteiger partial charge >= 0.3 is 0 Å². The molecular weight excluding hydrogens is 218 g/mol. The van der Waals surface area contributed by atoms with Crippen LogP contribution in [0.2, 0.25) is 0 Å². The minimum Gasteiger partial charge on any atom is -0.508 e. The summed E-state index contributed by atoms with van der Waals surface area (Å²) in [5.74, 6) is 0.517. The van der Waals surface area contributed by atoms with Crippen molar-refractivity contribution in [1.82, 2.24) is 0 Å². The van der Waals surface area contributed by atoms with E-state index in [0.29, 0.717) is 5.56 Å². The Balaban J connectivity index is 2.20. The van der Waals surface area contributed by atoms with Crippen molar-refractivity contribution in [3.05, 3.63) is 23.3 Å². The van der Waals surface area contributed by atoms with Gasteiger partial charge in [-0.05, 0) is 24.6 Å². The Bertz CT molecular complexity index is 411. The Morgan fingerprint density at radius 1 is 1.18 bits per heavy atom. The highest BCUT2D eigenvalue weighted by Crippen LogP contribution is 2.29. The molecule has 0 aliphatic carbocycles. The first-order valence-corrected chi connectivity index (χ1v) is 5.93. The number of hydrogen-bond donors (Lipinski definition) is 2. The number of aryl methyl sites for hydroxylation is 1. The molecule has 0 aromatic heterocycles. The van der Waals surface area contributed by atoms with Gasteiger partial charge in [-0.15, -0.1) is 0 Å². The van der Waals surface area contributed by atoms with Gasteiger partial charge in [0.05, 0.1) is 25.8 Å². The van der Waals surface area contributed by atoms with E-state index in [2.05, 4.69) is 7.05 Å². The maximum absolute atomic E-state index is 9.91. The number of phenolic OH excluding ortho intramolecular Hbond substituents is 2. The summed E-state index contributed by atoms with van der Waals surface area (Å²) in [5.41, 5.74) is 1.51. The molecule has 0 bridgehead atoms. The standard InChI is InChI=1S/C13H19NO3/c1-10-7-13(16)11(8-12(10)15)9-14(2)3-5-17-6-4-14/h7-8H,3-6,9H2,1-2H3,(H-,15,16)/p+1. The van der Waals surface area contributed by atoms with Crippen molar-refractivity contribution in [3.8, 4) is 11.5 Å². The van der Waals surface area contributed by atoms with Crippen LogP contribution in [0.5, 0.6) is 11.5 Å². The number of quaternary nitrogens is 1. The van der Waals surface area contributed by atoms with E-state index in [4.69, 9.17) is 4.74 Å². The first-order chi connectivity index (χ1) is 8.00. The first-order valence-electron chi connectivity index (χ1n) is 5.93. The van der Waals surface area contributed by atoms with Gasteiger partial charge in [0.2, 0.25) is 0 Å². The molecule has 0 spiro atoms. The summed E-state index contributed by atoms with van der Waals surface area (Å²) in [7, 11) is 2.15. The van der Waals surface area contributed by atoms with Crippen LogP contribution in [-0.4, -0.2) is 48.0 Å². The Kier molecular flexibility index (Phi) is 3.26. The number of ether oxygens (including phenoxy) is 1. The summed E-state index contributed by atoms with van der Waals surface area (Å²) >= 11 is 0. The van der Waals surface area contributed by atoms with Crippen LogP contribution in [0.1, 0.15) is 11.1 Å². The Morgan fingerprint density at radius 2 is 1.82 bits per heavy atom. The lowest BCUT2D eigenvalue weighted by molar-refractivity contribution is -0.929. The highest BCUT2D eigenvalue weighted by atomic mass is 16.5. The van der Waals surface area contributed by atoms with E-state index >= 15 is 0 Å². The van der Waals surface area contributed by atoms with Crippen molar-refractivity contribution in [2.45, 2.75) is 13.5 Å². The van der Waals surface area contributed by atoms with Gasteiger partial charge in [-0.1, -0.05) is 0 Å².